The van der Waals surface area contributed by atoms with E-state index in [2.05, 4.69) is 36.4 Å². The van der Waals surface area contributed by atoms with Crippen LogP contribution >= 0.6 is 31.9 Å². The second kappa shape index (κ2) is 7.74. The van der Waals surface area contributed by atoms with Crippen molar-refractivity contribution in [1.82, 2.24) is 9.55 Å². The van der Waals surface area contributed by atoms with Crippen molar-refractivity contribution in [1.29, 1.82) is 0 Å². The number of para-hydroxylation sites is 2. The molecule has 4 rings (SSSR count). The highest BCUT2D eigenvalue weighted by Gasteiger charge is 2.43. The molecule has 0 unspecified atom stereocenters. The molecule has 3 aromatic rings. The summed E-state index contributed by atoms with van der Waals surface area (Å²) in [5, 5.41) is 10.2. The van der Waals surface area contributed by atoms with Gasteiger partial charge in [0.15, 0.2) is 5.54 Å². The molecule has 0 bridgehead atoms. The van der Waals surface area contributed by atoms with Crippen LogP contribution in [0.25, 0.3) is 11.0 Å². The van der Waals surface area contributed by atoms with Crippen molar-refractivity contribution in [2.24, 2.45) is 5.73 Å². The van der Waals surface area contributed by atoms with Crippen LogP contribution in [0, 0.1) is 0 Å². The van der Waals surface area contributed by atoms with Crippen molar-refractivity contribution in [2.45, 2.75) is 43.7 Å². The highest BCUT2D eigenvalue weighted by molar-refractivity contribution is 9.11. The van der Waals surface area contributed by atoms with Crippen molar-refractivity contribution in [2.75, 3.05) is 5.73 Å². The van der Waals surface area contributed by atoms with Gasteiger partial charge in [0.2, 0.25) is 0 Å². The minimum atomic E-state index is -1.67. The number of fused-ring (bicyclic) bond motifs is 1. The number of carbonyl (C=O) groups is 1. The molecule has 152 valence electrons. The minimum absolute atomic E-state index is 0.0931. The lowest BCUT2D eigenvalue weighted by molar-refractivity contribution is -0.144. The van der Waals surface area contributed by atoms with Gasteiger partial charge in [0.25, 0.3) is 0 Å². The molecule has 8 heteroatoms. The molecule has 0 saturated heterocycles. The van der Waals surface area contributed by atoms with Gasteiger partial charge in [0.1, 0.15) is 5.82 Å². The molecule has 0 amide bonds. The van der Waals surface area contributed by atoms with Crippen LogP contribution in [0.1, 0.15) is 43.1 Å². The summed E-state index contributed by atoms with van der Waals surface area (Å²) >= 11 is 6.86. The van der Waals surface area contributed by atoms with Crippen LogP contribution in [0.15, 0.2) is 45.3 Å². The molecular formula is C21H22Br2N4O2. The Balaban J connectivity index is 1.88. The molecule has 1 fully saturated rings. The molecule has 1 aliphatic rings. The summed E-state index contributed by atoms with van der Waals surface area (Å²) in [4.78, 5) is 17.2. The quantitative estimate of drug-likeness (QED) is 0.420. The smallest absolute Gasteiger partial charge is 0.331 e. The Bertz CT molecular complexity index is 1070. The van der Waals surface area contributed by atoms with Gasteiger partial charge in [0, 0.05) is 21.4 Å². The fraction of sp³-hybridized carbons (Fsp3) is 0.333. The standard InChI is InChI=1S/C21H22Br2N4O2/c22-14-9-12(10-15(23)18(14)24)11-21(25,20(28)29)19-26-16-7-3-4-8-17(16)27(19)13-5-1-2-6-13/h3-4,7-10,13H,1-2,5-6,11,24-25H2,(H,28,29)/t21-/m1/s1. The van der Waals surface area contributed by atoms with E-state index in [4.69, 9.17) is 16.5 Å². The van der Waals surface area contributed by atoms with Gasteiger partial charge in [-0.25, -0.2) is 9.78 Å². The number of imidazole rings is 1. The molecule has 0 radical (unpaired) electrons. The molecule has 1 atom stereocenters. The number of nitrogen functional groups attached to an aromatic ring is 1. The molecule has 0 aliphatic heterocycles. The van der Waals surface area contributed by atoms with Gasteiger partial charge < -0.3 is 21.1 Å². The predicted molar refractivity (Wildman–Crippen MR) is 121 cm³/mol. The summed E-state index contributed by atoms with van der Waals surface area (Å²) in [6.45, 7) is 0. The van der Waals surface area contributed by atoms with Crippen LogP contribution in [0.5, 0.6) is 0 Å². The fourth-order valence-corrected chi connectivity index (χ4v) is 5.48. The topological polar surface area (TPSA) is 107 Å². The average molecular weight is 522 g/mol. The first kappa shape index (κ1) is 20.4. The molecule has 5 N–H and O–H groups in total. The number of hydrogen-bond donors (Lipinski definition) is 3. The Labute approximate surface area is 185 Å². The van der Waals surface area contributed by atoms with Crippen LogP contribution in [0.3, 0.4) is 0 Å². The number of carboxylic acids is 1. The van der Waals surface area contributed by atoms with Crippen LogP contribution in [-0.2, 0) is 16.8 Å². The van der Waals surface area contributed by atoms with E-state index in [0.29, 0.717) is 20.5 Å². The van der Waals surface area contributed by atoms with Crippen LogP contribution in [0.4, 0.5) is 5.69 Å². The number of carboxylic acid groups (broad SMARTS) is 1. The van der Waals surface area contributed by atoms with Crippen LogP contribution in [0.2, 0.25) is 0 Å². The second-order valence-corrected chi connectivity index (χ2v) is 9.37. The van der Waals surface area contributed by atoms with Gasteiger partial charge in [-0.15, -0.1) is 0 Å². The lowest BCUT2D eigenvalue weighted by atomic mass is 9.90. The SMILES string of the molecule is Nc1c(Br)cc(C[C@](N)(C(=O)O)c2nc3ccccc3n2C2CCCC2)cc1Br. The molecule has 1 aromatic heterocycles. The molecule has 1 heterocycles. The molecule has 0 spiro atoms. The molecular weight excluding hydrogens is 500 g/mol. The summed E-state index contributed by atoms with van der Waals surface area (Å²) in [7, 11) is 0. The van der Waals surface area contributed by atoms with Crippen LogP contribution in [-0.4, -0.2) is 20.6 Å². The lowest BCUT2D eigenvalue weighted by Crippen LogP contribution is -2.49. The van der Waals surface area contributed by atoms with Crippen molar-refractivity contribution in [3.8, 4) is 0 Å². The van der Waals surface area contributed by atoms with Crippen molar-refractivity contribution in [3.63, 3.8) is 0 Å². The predicted octanol–water partition coefficient (Wildman–Crippen LogP) is 4.74. The van der Waals surface area contributed by atoms with Gasteiger partial charge in [0.05, 0.1) is 16.7 Å². The average Bonchev–Trinajstić information content (AvgIpc) is 3.33. The number of nitrogens with zero attached hydrogens (tertiary/aromatic N) is 2. The maximum absolute atomic E-state index is 12.5. The Hall–Kier alpha value is -1.90. The third-order valence-electron chi connectivity index (χ3n) is 5.69. The summed E-state index contributed by atoms with van der Waals surface area (Å²) in [6.07, 6.45) is 4.35. The van der Waals surface area contributed by atoms with E-state index in [9.17, 15) is 9.90 Å². The van der Waals surface area contributed by atoms with E-state index in [-0.39, 0.29) is 12.5 Å². The number of nitrogens with two attached hydrogens (primary N) is 2. The number of benzene rings is 2. The van der Waals surface area contributed by atoms with Gasteiger partial charge in [-0.05, 0) is 74.5 Å². The number of aliphatic carboxylic acids is 1. The zero-order valence-electron chi connectivity index (χ0n) is 15.7. The third-order valence-corrected chi connectivity index (χ3v) is 7.00. The van der Waals surface area contributed by atoms with Gasteiger partial charge in [-0.3, -0.25) is 0 Å². The Kier molecular flexibility index (Phi) is 5.44. The maximum atomic E-state index is 12.5. The van der Waals surface area contributed by atoms with Crippen molar-refractivity contribution in [3.05, 3.63) is 56.7 Å². The number of hydrogen-bond acceptors (Lipinski definition) is 4. The largest absolute Gasteiger partial charge is 0.480 e. The maximum Gasteiger partial charge on any atom is 0.331 e. The van der Waals surface area contributed by atoms with E-state index >= 15 is 0 Å². The molecule has 1 saturated carbocycles. The molecule has 2 aromatic carbocycles. The normalized spacial score (nSPS) is 16.9. The monoisotopic (exact) mass is 520 g/mol. The van der Waals surface area contributed by atoms with E-state index < -0.39 is 11.5 Å². The fourth-order valence-electron chi connectivity index (χ4n) is 4.20. The number of halogens is 2. The van der Waals surface area contributed by atoms with E-state index in [1.165, 1.54) is 0 Å². The molecule has 1 aliphatic carbocycles. The second-order valence-electron chi connectivity index (χ2n) is 7.66. The zero-order valence-corrected chi connectivity index (χ0v) is 18.9. The summed E-state index contributed by atoms with van der Waals surface area (Å²) in [6, 6.07) is 11.6. The first-order chi connectivity index (χ1) is 13.8. The van der Waals surface area contributed by atoms with Crippen molar-refractivity contribution >= 4 is 54.5 Å². The molecule has 29 heavy (non-hydrogen) atoms. The highest BCUT2D eigenvalue weighted by Crippen LogP contribution is 2.38. The van der Waals surface area contributed by atoms with Gasteiger partial charge in [-0.1, -0.05) is 25.0 Å². The van der Waals surface area contributed by atoms with Crippen molar-refractivity contribution < 1.29 is 9.90 Å². The first-order valence-corrected chi connectivity index (χ1v) is 11.1. The van der Waals surface area contributed by atoms with E-state index in [0.717, 1.165) is 42.3 Å². The Morgan fingerprint density at radius 1 is 1.21 bits per heavy atom. The summed E-state index contributed by atoms with van der Waals surface area (Å²) in [5.74, 6) is -0.696. The summed E-state index contributed by atoms with van der Waals surface area (Å²) < 4.78 is 3.45. The van der Waals surface area contributed by atoms with Gasteiger partial charge >= 0.3 is 5.97 Å². The first-order valence-electron chi connectivity index (χ1n) is 9.54. The lowest BCUT2D eigenvalue weighted by Gasteiger charge is -2.28. The van der Waals surface area contributed by atoms with Crippen LogP contribution < -0.4 is 11.5 Å². The minimum Gasteiger partial charge on any atom is -0.480 e. The van der Waals surface area contributed by atoms with E-state index in [1.54, 1.807) is 0 Å². The number of anilines is 1. The Morgan fingerprint density at radius 3 is 2.45 bits per heavy atom. The highest BCUT2D eigenvalue weighted by atomic mass is 79.9. The summed E-state index contributed by atoms with van der Waals surface area (Å²) in [5.41, 5.74) is 14.0. The van der Waals surface area contributed by atoms with Gasteiger partial charge in [-0.2, -0.15) is 0 Å². The molecule has 6 nitrogen and oxygen atoms in total. The number of aromatic nitrogens is 2. The Morgan fingerprint density at radius 2 is 1.83 bits per heavy atom. The number of rotatable bonds is 5. The zero-order chi connectivity index (χ0) is 20.8. The third kappa shape index (κ3) is 3.58. The van der Waals surface area contributed by atoms with E-state index in [1.807, 2.05) is 36.4 Å².